The van der Waals surface area contributed by atoms with Gasteiger partial charge < -0.3 is 15.0 Å². The fourth-order valence-electron chi connectivity index (χ4n) is 3.94. The van der Waals surface area contributed by atoms with Crippen molar-refractivity contribution in [2.24, 2.45) is 11.8 Å². The smallest absolute Gasteiger partial charge is 0.253 e. The van der Waals surface area contributed by atoms with Crippen LogP contribution in [0.15, 0.2) is 36.7 Å². The summed E-state index contributed by atoms with van der Waals surface area (Å²) < 4.78 is 1.91. The highest BCUT2D eigenvalue weighted by atomic mass is 16.2. The molecule has 2 heterocycles. The first kappa shape index (κ1) is 19.9. The molecule has 1 aliphatic carbocycles. The first-order valence-electron chi connectivity index (χ1n) is 10.1. The molecule has 1 fully saturated rings. The minimum absolute atomic E-state index is 0.126. The number of hydrogen-bond donors (Lipinski definition) is 2. The van der Waals surface area contributed by atoms with Crippen LogP contribution in [0.5, 0.6) is 0 Å². The van der Waals surface area contributed by atoms with E-state index in [4.69, 9.17) is 0 Å². The average molecular weight is 380 g/mol. The molecule has 3 rings (SSSR count). The van der Waals surface area contributed by atoms with Crippen LogP contribution in [0.2, 0.25) is 0 Å². The molecule has 28 heavy (non-hydrogen) atoms. The predicted octanol–water partition coefficient (Wildman–Crippen LogP) is 3.28. The Labute approximate surface area is 165 Å². The van der Waals surface area contributed by atoms with Gasteiger partial charge in [0, 0.05) is 24.0 Å². The van der Waals surface area contributed by atoms with Crippen molar-refractivity contribution < 1.29 is 9.59 Å². The monoisotopic (exact) mass is 380 g/mol. The molecule has 0 spiro atoms. The normalized spacial score (nSPS) is 20.5. The van der Waals surface area contributed by atoms with Gasteiger partial charge in [-0.05, 0) is 43.4 Å². The molecule has 3 atom stereocenters. The molecule has 148 valence electrons. The number of carbonyl (C=O) groups excluding carboxylic acids is 2. The Kier molecular flexibility index (Phi) is 6.35. The predicted molar refractivity (Wildman–Crippen MR) is 108 cm³/mol. The van der Waals surface area contributed by atoms with Crippen molar-refractivity contribution in [3.8, 4) is 6.07 Å². The Morgan fingerprint density at radius 1 is 1.29 bits per heavy atom. The third-order valence-electron chi connectivity index (χ3n) is 5.37. The van der Waals surface area contributed by atoms with Gasteiger partial charge in [-0.1, -0.05) is 32.8 Å². The summed E-state index contributed by atoms with van der Waals surface area (Å²) in [6, 6.07) is 9.13. The highest BCUT2D eigenvalue weighted by Crippen LogP contribution is 2.25. The van der Waals surface area contributed by atoms with Crippen molar-refractivity contribution in [3.05, 3.63) is 42.2 Å². The number of pyridine rings is 1. The molecule has 0 radical (unpaired) electrons. The number of nitrogens with one attached hydrogen (secondary N) is 2. The lowest BCUT2D eigenvalue weighted by Gasteiger charge is -2.31. The van der Waals surface area contributed by atoms with Crippen LogP contribution >= 0.6 is 0 Å². The lowest BCUT2D eigenvalue weighted by Crippen LogP contribution is -2.50. The molecular weight excluding hydrogens is 352 g/mol. The maximum atomic E-state index is 12.8. The van der Waals surface area contributed by atoms with Crippen LogP contribution in [0.25, 0.3) is 5.52 Å². The number of hydrogen-bond acceptors (Lipinski definition) is 3. The first-order valence-corrected chi connectivity index (χ1v) is 10.1. The van der Waals surface area contributed by atoms with Gasteiger partial charge in [0.15, 0.2) is 0 Å². The highest BCUT2D eigenvalue weighted by Gasteiger charge is 2.33. The fourth-order valence-corrected chi connectivity index (χ4v) is 3.94. The number of nitrogens with zero attached hydrogens (tertiary/aromatic N) is 2. The van der Waals surface area contributed by atoms with Crippen LogP contribution in [0.1, 0.15) is 56.3 Å². The molecule has 1 aliphatic rings. The zero-order chi connectivity index (χ0) is 20.1. The second-order valence-electron chi connectivity index (χ2n) is 8.05. The van der Waals surface area contributed by atoms with Crippen LogP contribution in [-0.2, 0) is 4.79 Å². The Balaban J connectivity index is 1.67. The third-order valence-corrected chi connectivity index (χ3v) is 5.37. The first-order chi connectivity index (χ1) is 13.5. The molecule has 2 aromatic heterocycles. The minimum atomic E-state index is -0.484. The third kappa shape index (κ3) is 4.72. The van der Waals surface area contributed by atoms with Gasteiger partial charge in [0.2, 0.25) is 5.91 Å². The van der Waals surface area contributed by atoms with Crippen LogP contribution in [-0.4, -0.2) is 28.3 Å². The van der Waals surface area contributed by atoms with Crippen molar-refractivity contribution in [1.29, 1.82) is 5.26 Å². The van der Waals surface area contributed by atoms with Gasteiger partial charge >= 0.3 is 0 Å². The van der Waals surface area contributed by atoms with Gasteiger partial charge in [0.05, 0.1) is 17.6 Å². The number of amides is 2. The van der Waals surface area contributed by atoms with Crippen molar-refractivity contribution >= 4 is 17.3 Å². The van der Waals surface area contributed by atoms with Gasteiger partial charge in [-0.3, -0.25) is 9.59 Å². The molecule has 6 heteroatoms. The molecule has 3 unspecified atom stereocenters. The molecule has 0 saturated heterocycles. The summed E-state index contributed by atoms with van der Waals surface area (Å²) in [6.45, 7) is 4.06. The van der Waals surface area contributed by atoms with Crippen molar-refractivity contribution in [3.63, 3.8) is 0 Å². The van der Waals surface area contributed by atoms with Crippen LogP contribution < -0.4 is 10.6 Å². The van der Waals surface area contributed by atoms with Gasteiger partial charge in [-0.2, -0.15) is 5.26 Å². The summed E-state index contributed by atoms with van der Waals surface area (Å²) >= 11 is 0. The molecule has 1 saturated carbocycles. The SMILES string of the molecule is CC(C)CC(C#N)NC(=O)C1CCCCC1NC(=O)c1cc2ccccn2c1. The zero-order valence-corrected chi connectivity index (χ0v) is 16.5. The van der Waals surface area contributed by atoms with E-state index in [1.54, 1.807) is 6.20 Å². The van der Waals surface area contributed by atoms with Crippen LogP contribution in [0.3, 0.4) is 0 Å². The highest BCUT2D eigenvalue weighted by molar-refractivity contribution is 5.96. The van der Waals surface area contributed by atoms with Crippen LogP contribution in [0.4, 0.5) is 0 Å². The Bertz CT molecular complexity index is 847. The molecule has 6 nitrogen and oxygen atoms in total. The van der Waals surface area contributed by atoms with Gasteiger partial charge in [-0.25, -0.2) is 0 Å². The lowest BCUT2D eigenvalue weighted by molar-refractivity contribution is -0.127. The number of nitriles is 1. The summed E-state index contributed by atoms with van der Waals surface area (Å²) in [6.07, 6.45) is 7.79. The molecule has 0 aromatic carbocycles. The van der Waals surface area contributed by atoms with E-state index in [-0.39, 0.29) is 23.8 Å². The van der Waals surface area contributed by atoms with E-state index in [9.17, 15) is 14.9 Å². The maximum absolute atomic E-state index is 12.8. The molecule has 2 aromatic rings. The number of rotatable bonds is 6. The number of fused-ring (bicyclic) bond motifs is 1. The summed E-state index contributed by atoms with van der Waals surface area (Å²) in [5.74, 6) is -0.250. The minimum Gasteiger partial charge on any atom is -0.348 e. The summed E-state index contributed by atoms with van der Waals surface area (Å²) in [4.78, 5) is 25.6. The largest absolute Gasteiger partial charge is 0.348 e. The Hall–Kier alpha value is -2.81. The topological polar surface area (TPSA) is 86.4 Å². The van der Waals surface area contributed by atoms with Gasteiger partial charge in [0.1, 0.15) is 6.04 Å². The number of carbonyl (C=O) groups is 2. The second-order valence-corrected chi connectivity index (χ2v) is 8.05. The zero-order valence-electron chi connectivity index (χ0n) is 16.5. The Morgan fingerprint density at radius 3 is 2.79 bits per heavy atom. The van der Waals surface area contributed by atoms with E-state index < -0.39 is 6.04 Å². The summed E-state index contributed by atoms with van der Waals surface area (Å²) in [5, 5.41) is 15.3. The Morgan fingerprint density at radius 2 is 2.07 bits per heavy atom. The molecule has 2 amide bonds. The summed E-state index contributed by atoms with van der Waals surface area (Å²) in [5.41, 5.74) is 1.54. The van der Waals surface area contributed by atoms with E-state index in [0.717, 1.165) is 31.2 Å². The van der Waals surface area contributed by atoms with Crippen LogP contribution in [0, 0.1) is 23.2 Å². The molecule has 0 aliphatic heterocycles. The standard InChI is InChI=1S/C22H28N4O2/c1-15(2)11-17(13-23)24-22(28)19-8-3-4-9-20(19)25-21(27)16-12-18-7-5-6-10-26(18)14-16/h5-7,10,12,14-15,17,19-20H,3-4,8-9,11H2,1-2H3,(H,24,28)(H,25,27). The van der Waals surface area contributed by atoms with Crippen molar-refractivity contribution in [1.82, 2.24) is 15.0 Å². The lowest BCUT2D eigenvalue weighted by atomic mass is 9.83. The molecular formula is C22H28N4O2. The van der Waals surface area contributed by atoms with E-state index >= 15 is 0 Å². The van der Waals surface area contributed by atoms with E-state index in [0.29, 0.717) is 17.9 Å². The maximum Gasteiger partial charge on any atom is 0.253 e. The average Bonchev–Trinajstić information content (AvgIpc) is 3.12. The summed E-state index contributed by atoms with van der Waals surface area (Å²) in [7, 11) is 0. The quantitative estimate of drug-likeness (QED) is 0.806. The fraction of sp³-hybridized carbons (Fsp3) is 0.500. The van der Waals surface area contributed by atoms with E-state index in [1.807, 2.05) is 48.7 Å². The van der Waals surface area contributed by atoms with Crippen molar-refractivity contribution in [2.75, 3.05) is 0 Å². The van der Waals surface area contributed by atoms with E-state index in [1.165, 1.54) is 0 Å². The number of aromatic nitrogens is 1. The van der Waals surface area contributed by atoms with Gasteiger partial charge in [-0.15, -0.1) is 0 Å². The van der Waals surface area contributed by atoms with Crippen molar-refractivity contribution in [2.45, 2.75) is 58.0 Å². The second kappa shape index (κ2) is 8.92. The molecule has 0 bridgehead atoms. The van der Waals surface area contributed by atoms with E-state index in [2.05, 4.69) is 16.7 Å². The molecule has 2 N–H and O–H groups in total. The van der Waals surface area contributed by atoms with Gasteiger partial charge in [0.25, 0.3) is 5.91 Å².